The fourth-order valence-electron chi connectivity index (χ4n) is 1.99. The summed E-state index contributed by atoms with van der Waals surface area (Å²) in [6.45, 7) is 2.16. The van der Waals surface area contributed by atoms with Crippen LogP contribution in [0.1, 0.15) is 5.56 Å². The minimum absolute atomic E-state index is 0.210. The molecule has 3 rings (SSSR count). The molecule has 3 nitrogen and oxygen atoms in total. The van der Waals surface area contributed by atoms with Crippen LogP contribution in [0.25, 0.3) is 0 Å². The Balaban J connectivity index is 1.73. The highest BCUT2D eigenvalue weighted by Crippen LogP contribution is 2.32. The molecule has 0 aliphatic carbocycles. The van der Waals surface area contributed by atoms with E-state index in [0.717, 1.165) is 34.6 Å². The zero-order valence-corrected chi connectivity index (χ0v) is 13.7. The van der Waals surface area contributed by atoms with Gasteiger partial charge in [0.2, 0.25) is 0 Å². The van der Waals surface area contributed by atoms with Gasteiger partial charge < -0.3 is 14.8 Å². The molecule has 0 spiro atoms. The molecule has 2 aromatic rings. The number of hydrogen-bond acceptors (Lipinski definition) is 3. The molecule has 21 heavy (non-hydrogen) atoms. The topological polar surface area (TPSA) is 30.5 Å². The van der Waals surface area contributed by atoms with Gasteiger partial charge in [-0.15, -0.1) is 0 Å². The summed E-state index contributed by atoms with van der Waals surface area (Å²) in [5, 5.41) is 3.89. The summed E-state index contributed by atoms with van der Waals surface area (Å²) < 4.78 is 12.8. The molecule has 110 valence electrons. The van der Waals surface area contributed by atoms with Crippen molar-refractivity contribution in [3.63, 3.8) is 0 Å². The molecular weight excluding hydrogens is 354 g/mol. The summed E-state index contributed by atoms with van der Waals surface area (Å²) in [5.41, 5.74) is 0.957. The maximum absolute atomic E-state index is 6.14. The maximum Gasteiger partial charge on any atom is 0.162 e. The van der Waals surface area contributed by atoms with Crippen LogP contribution in [0.4, 0.5) is 0 Å². The predicted molar refractivity (Wildman–Crippen MR) is 87.2 cm³/mol. The van der Waals surface area contributed by atoms with Crippen molar-refractivity contribution < 1.29 is 9.47 Å². The first-order valence-electron chi connectivity index (χ1n) is 6.75. The first kappa shape index (κ1) is 14.7. The minimum Gasteiger partial charge on any atom is -0.485 e. The SMILES string of the molecule is Clc1ccccc1COc1ccc(Br)cc1OC1CNC1. The lowest BCUT2D eigenvalue weighted by molar-refractivity contribution is 0.134. The third-order valence-electron chi connectivity index (χ3n) is 3.28. The Morgan fingerprint density at radius 3 is 2.67 bits per heavy atom. The van der Waals surface area contributed by atoms with E-state index >= 15 is 0 Å². The highest BCUT2D eigenvalue weighted by Gasteiger charge is 2.20. The number of nitrogens with one attached hydrogen (secondary N) is 1. The number of halogens is 2. The van der Waals surface area contributed by atoms with Gasteiger partial charge >= 0.3 is 0 Å². The molecule has 2 aromatic carbocycles. The number of rotatable bonds is 5. The van der Waals surface area contributed by atoms with E-state index in [1.807, 2.05) is 42.5 Å². The van der Waals surface area contributed by atoms with E-state index < -0.39 is 0 Å². The van der Waals surface area contributed by atoms with E-state index in [-0.39, 0.29) is 6.10 Å². The van der Waals surface area contributed by atoms with E-state index in [1.165, 1.54) is 0 Å². The van der Waals surface area contributed by atoms with Gasteiger partial charge in [0.25, 0.3) is 0 Å². The van der Waals surface area contributed by atoms with Crippen LogP contribution in [0.15, 0.2) is 46.9 Å². The van der Waals surface area contributed by atoms with Crippen LogP contribution in [-0.4, -0.2) is 19.2 Å². The Kier molecular flexibility index (Phi) is 4.68. The van der Waals surface area contributed by atoms with Crippen molar-refractivity contribution in [3.8, 4) is 11.5 Å². The summed E-state index contributed by atoms with van der Waals surface area (Å²) in [6, 6.07) is 13.4. The smallest absolute Gasteiger partial charge is 0.162 e. The first-order chi connectivity index (χ1) is 10.2. The maximum atomic E-state index is 6.14. The fourth-order valence-corrected chi connectivity index (χ4v) is 2.52. The standard InChI is InChI=1S/C16H15BrClNO2/c17-12-5-6-15(16(7-12)21-13-8-19-9-13)20-10-11-3-1-2-4-14(11)18/h1-7,13,19H,8-10H2. The summed E-state index contributed by atoms with van der Waals surface area (Å²) in [5.74, 6) is 1.48. The van der Waals surface area contributed by atoms with Crippen molar-refractivity contribution in [2.24, 2.45) is 0 Å². The zero-order chi connectivity index (χ0) is 14.7. The van der Waals surface area contributed by atoms with Crippen LogP contribution < -0.4 is 14.8 Å². The van der Waals surface area contributed by atoms with Crippen molar-refractivity contribution >= 4 is 27.5 Å². The lowest BCUT2D eigenvalue weighted by Gasteiger charge is -2.28. The molecule has 1 aliphatic heterocycles. The van der Waals surface area contributed by atoms with Crippen molar-refractivity contribution in [2.45, 2.75) is 12.7 Å². The lowest BCUT2D eigenvalue weighted by atomic mass is 10.2. The van der Waals surface area contributed by atoms with Gasteiger partial charge in [-0.05, 0) is 24.3 Å². The Morgan fingerprint density at radius 2 is 1.95 bits per heavy atom. The van der Waals surface area contributed by atoms with Gasteiger partial charge in [-0.1, -0.05) is 45.7 Å². The monoisotopic (exact) mass is 367 g/mol. The van der Waals surface area contributed by atoms with Gasteiger partial charge in [-0.3, -0.25) is 0 Å². The molecule has 0 atom stereocenters. The molecule has 1 aliphatic rings. The molecule has 0 radical (unpaired) electrons. The van der Waals surface area contributed by atoms with E-state index in [9.17, 15) is 0 Å². The third-order valence-corrected chi connectivity index (χ3v) is 4.15. The molecule has 1 fully saturated rings. The molecule has 0 unspecified atom stereocenters. The Hall–Kier alpha value is -1.23. The molecule has 1 saturated heterocycles. The normalized spacial score (nSPS) is 14.6. The lowest BCUT2D eigenvalue weighted by Crippen LogP contribution is -2.50. The van der Waals surface area contributed by atoms with Crippen LogP contribution in [0.5, 0.6) is 11.5 Å². The quantitative estimate of drug-likeness (QED) is 0.864. The predicted octanol–water partition coefficient (Wildman–Crippen LogP) is 4.03. The second-order valence-corrected chi connectivity index (χ2v) is 6.19. The second kappa shape index (κ2) is 6.69. The van der Waals surface area contributed by atoms with Gasteiger partial charge in [0.15, 0.2) is 11.5 Å². The molecule has 5 heteroatoms. The van der Waals surface area contributed by atoms with E-state index in [4.69, 9.17) is 21.1 Å². The van der Waals surface area contributed by atoms with Crippen LogP contribution in [-0.2, 0) is 6.61 Å². The number of ether oxygens (including phenoxy) is 2. The van der Waals surface area contributed by atoms with Crippen molar-refractivity contribution in [1.82, 2.24) is 5.32 Å². The molecule has 1 N–H and O–H groups in total. The number of benzene rings is 2. The van der Waals surface area contributed by atoms with Crippen molar-refractivity contribution in [3.05, 3.63) is 57.5 Å². The highest BCUT2D eigenvalue weighted by molar-refractivity contribution is 9.10. The molecule has 0 aromatic heterocycles. The van der Waals surface area contributed by atoms with Crippen LogP contribution in [0, 0.1) is 0 Å². The highest BCUT2D eigenvalue weighted by atomic mass is 79.9. The van der Waals surface area contributed by atoms with Gasteiger partial charge in [0, 0.05) is 28.1 Å². The molecule has 1 heterocycles. The van der Waals surface area contributed by atoms with Gasteiger partial charge in [0.05, 0.1) is 0 Å². The summed E-state index contributed by atoms with van der Waals surface area (Å²) >= 11 is 9.61. The van der Waals surface area contributed by atoms with Gasteiger partial charge in [0.1, 0.15) is 12.7 Å². The van der Waals surface area contributed by atoms with E-state index in [2.05, 4.69) is 21.2 Å². The fraction of sp³-hybridized carbons (Fsp3) is 0.250. The van der Waals surface area contributed by atoms with Crippen LogP contribution in [0.2, 0.25) is 5.02 Å². The minimum atomic E-state index is 0.210. The van der Waals surface area contributed by atoms with Crippen molar-refractivity contribution in [1.29, 1.82) is 0 Å². The molecule has 0 amide bonds. The number of hydrogen-bond donors (Lipinski definition) is 1. The van der Waals surface area contributed by atoms with Crippen LogP contribution in [0.3, 0.4) is 0 Å². The largest absolute Gasteiger partial charge is 0.485 e. The second-order valence-electron chi connectivity index (χ2n) is 4.87. The third kappa shape index (κ3) is 3.70. The molecular formula is C16H15BrClNO2. The average molecular weight is 369 g/mol. The van der Waals surface area contributed by atoms with E-state index in [0.29, 0.717) is 11.6 Å². The van der Waals surface area contributed by atoms with E-state index in [1.54, 1.807) is 0 Å². The first-order valence-corrected chi connectivity index (χ1v) is 7.92. The van der Waals surface area contributed by atoms with Crippen LogP contribution >= 0.6 is 27.5 Å². The summed E-state index contributed by atoms with van der Waals surface area (Å²) in [6.07, 6.45) is 0.210. The zero-order valence-electron chi connectivity index (χ0n) is 11.3. The van der Waals surface area contributed by atoms with Gasteiger partial charge in [-0.2, -0.15) is 0 Å². The molecule has 0 bridgehead atoms. The summed E-state index contributed by atoms with van der Waals surface area (Å²) in [4.78, 5) is 0. The Bertz CT molecular complexity index is 631. The average Bonchev–Trinajstić information content (AvgIpc) is 2.43. The Morgan fingerprint density at radius 1 is 1.14 bits per heavy atom. The molecule has 0 saturated carbocycles. The van der Waals surface area contributed by atoms with Crippen molar-refractivity contribution in [2.75, 3.05) is 13.1 Å². The summed E-state index contributed by atoms with van der Waals surface area (Å²) in [7, 11) is 0. The van der Waals surface area contributed by atoms with Gasteiger partial charge in [-0.25, -0.2) is 0 Å². The Labute approximate surface area is 137 Å².